The van der Waals surface area contributed by atoms with Crippen LogP contribution in [0.4, 0.5) is 0 Å². The fourth-order valence-corrected chi connectivity index (χ4v) is 3.26. The van der Waals surface area contributed by atoms with Gasteiger partial charge in [0.05, 0.1) is 6.61 Å². The second-order valence-corrected chi connectivity index (χ2v) is 9.25. The third-order valence-electron chi connectivity index (χ3n) is 3.83. The van der Waals surface area contributed by atoms with E-state index < -0.39 is 24.0 Å². The topological polar surface area (TPSA) is 84.5 Å². The molecule has 0 spiro atoms. The van der Waals surface area contributed by atoms with Gasteiger partial charge in [0.1, 0.15) is 12.1 Å². The number of hydrogen-bond donors (Lipinski definition) is 2. The molecule has 1 rings (SSSR count). The molecule has 2 N–H and O–H groups in total. The van der Waals surface area contributed by atoms with Crippen LogP contribution in [0, 0.1) is 0 Å². The Morgan fingerprint density at radius 1 is 1.04 bits per heavy atom. The first kappa shape index (κ1) is 24.0. The minimum Gasteiger partial charge on any atom is -0.464 e. The molecule has 2 unspecified atom stereocenters. The van der Waals surface area contributed by atoms with Crippen molar-refractivity contribution in [3.63, 3.8) is 0 Å². The van der Waals surface area contributed by atoms with E-state index in [1.54, 1.807) is 25.6 Å². The fraction of sp³-hybridized carbons (Fsp3) is 0.571. The van der Waals surface area contributed by atoms with Crippen molar-refractivity contribution >= 4 is 29.5 Å². The zero-order valence-corrected chi connectivity index (χ0v) is 18.2. The Bertz CT molecular complexity index is 644. The van der Waals surface area contributed by atoms with Crippen molar-refractivity contribution in [2.45, 2.75) is 64.3 Å². The number of carbonyl (C=O) groups is 3. The van der Waals surface area contributed by atoms with Crippen molar-refractivity contribution in [1.29, 1.82) is 0 Å². The van der Waals surface area contributed by atoms with Crippen LogP contribution in [0.5, 0.6) is 0 Å². The van der Waals surface area contributed by atoms with Gasteiger partial charge < -0.3 is 15.4 Å². The Hall–Kier alpha value is -2.02. The monoisotopic (exact) mass is 408 g/mol. The second kappa shape index (κ2) is 11.7. The van der Waals surface area contributed by atoms with Gasteiger partial charge in [-0.1, -0.05) is 58.0 Å². The van der Waals surface area contributed by atoms with Crippen LogP contribution in [-0.2, 0) is 25.5 Å². The van der Waals surface area contributed by atoms with E-state index in [1.165, 1.54) is 0 Å². The molecular formula is C21H32N2O4S. The molecule has 0 aromatic heterocycles. The molecule has 2 atom stereocenters. The lowest BCUT2D eigenvalue weighted by Crippen LogP contribution is -2.53. The summed E-state index contributed by atoms with van der Waals surface area (Å²) in [7, 11) is 0. The molecule has 1 aromatic rings. The molecular weight excluding hydrogens is 376 g/mol. The van der Waals surface area contributed by atoms with Gasteiger partial charge in [-0.05, 0) is 12.5 Å². The second-order valence-electron chi connectivity index (χ2n) is 7.40. The fourth-order valence-electron chi connectivity index (χ4n) is 2.37. The summed E-state index contributed by atoms with van der Waals surface area (Å²) in [4.78, 5) is 37.1. The number of benzene rings is 1. The number of amides is 2. The van der Waals surface area contributed by atoms with Crippen molar-refractivity contribution in [2.24, 2.45) is 0 Å². The SMILES string of the molecule is CCOC(=O)C(CSC(C)(C)C)NC(=O)C(Cc1ccccc1)NC(=O)CC. The van der Waals surface area contributed by atoms with E-state index in [4.69, 9.17) is 4.74 Å². The Morgan fingerprint density at radius 3 is 2.21 bits per heavy atom. The predicted molar refractivity (Wildman–Crippen MR) is 113 cm³/mol. The number of carbonyl (C=O) groups excluding carboxylic acids is 3. The Balaban J connectivity index is 2.91. The molecule has 0 bridgehead atoms. The van der Waals surface area contributed by atoms with Gasteiger partial charge in [0, 0.05) is 23.3 Å². The highest BCUT2D eigenvalue weighted by Gasteiger charge is 2.29. The van der Waals surface area contributed by atoms with Crippen LogP contribution in [0.1, 0.15) is 46.6 Å². The molecule has 28 heavy (non-hydrogen) atoms. The van der Waals surface area contributed by atoms with Gasteiger partial charge in [0.2, 0.25) is 11.8 Å². The molecule has 0 aliphatic rings. The van der Waals surface area contributed by atoms with Gasteiger partial charge >= 0.3 is 5.97 Å². The lowest BCUT2D eigenvalue weighted by molar-refractivity contribution is -0.146. The average Bonchev–Trinajstić information content (AvgIpc) is 2.64. The standard InChI is InChI=1S/C21H32N2O4S/c1-6-18(24)22-16(13-15-11-9-8-10-12-15)19(25)23-17(20(26)27-7-2)14-28-21(3,4)5/h8-12,16-17H,6-7,13-14H2,1-5H3,(H,22,24)(H,23,25). The predicted octanol–water partition coefficient (Wildman–Crippen LogP) is 2.70. The molecule has 1 aromatic carbocycles. The van der Waals surface area contributed by atoms with E-state index in [-0.39, 0.29) is 23.7 Å². The van der Waals surface area contributed by atoms with E-state index in [9.17, 15) is 14.4 Å². The van der Waals surface area contributed by atoms with E-state index >= 15 is 0 Å². The highest BCUT2D eigenvalue weighted by Crippen LogP contribution is 2.24. The van der Waals surface area contributed by atoms with Gasteiger partial charge in [-0.15, -0.1) is 0 Å². The summed E-state index contributed by atoms with van der Waals surface area (Å²) in [5.41, 5.74) is 0.927. The maximum absolute atomic E-state index is 12.9. The van der Waals surface area contributed by atoms with Gasteiger partial charge in [-0.3, -0.25) is 9.59 Å². The highest BCUT2D eigenvalue weighted by atomic mass is 32.2. The van der Waals surface area contributed by atoms with Crippen LogP contribution in [0.2, 0.25) is 0 Å². The summed E-state index contributed by atoms with van der Waals surface area (Å²) >= 11 is 1.57. The van der Waals surface area contributed by atoms with Crippen LogP contribution >= 0.6 is 11.8 Å². The molecule has 156 valence electrons. The number of thioether (sulfide) groups is 1. The zero-order chi connectivity index (χ0) is 21.2. The van der Waals surface area contributed by atoms with Gasteiger partial charge in [0.25, 0.3) is 0 Å². The average molecular weight is 409 g/mol. The van der Waals surface area contributed by atoms with Crippen LogP contribution in [0.3, 0.4) is 0 Å². The van der Waals surface area contributed by atoms with Crippen LogP contribution in [-0.4, -0.2) is 47.0 Å². The van der Waals surface area contributed by atoms with Crippen LogP contribution in [0.25, 0.3) is 0 Å². The molecule has 0 heterocycles. The number of nitrogens with one attached hydrogen (secondary N) is 2. The first-order valence-corrected chi connectivity index (χ1v) is 10.6. The van der Waals surface area contributed by atoms with Gasteiger partial charge in [-0.25, -0.2) is 4.79 Å². The molecule has 7 heteroatoms. The lowest BCUT2D eigenvalue weighted by Gasteiger charge is -2.25. The third-order valence-corrected chi connectivity index (χ3v) is 5.19. The summed E-state index contributed by atoms with van der Waals surface area (Å²) in [6.45, 7) is 9.83. The summed E-state index contributed by atoms with van der Waals surface area (Å²) in [6.07, 6.45) is 0.625. The first-order chi connectivity index (χ1) is 13.2. The molecule has 0 saturated carbocycles. The van der Waals surface area contributed by atoms with E-state index in [1.807, 2.05) is 51.1 Å². The highest BCUT2D eigenvalue weighted by molar-refractivity contribution is 8.00. The summed E-state index contributed by atoms with van der Waals surface area (Å²) < 4.78 is 5.06. The quantitative estimate of drug-likeness (QED) is 0.582. The zero-order valence-electron chi connectivity index (χ0n) is 17.4. The molecule has 0 fully saturated rings. The van der Waals surface area contributed by atoms with Crippen LogP contribution < -0.4 is 10.6 Å². The number of hydrogen-bond acceptors (Lipinski definition) is 5. The number of esters is 1. The third kappa shape index (κ3) is 9.26. The van der Waals surface area contributed by atoms with Crippen molar-refractivity contribution < 1.29 is 19.1 Å². The maximum atomic E-state index is 12.9. The first-order valence-electron chi connectivity index (χ1n) is 9.60. The number of rotatable bonds is 10. The van der Waals surface area contributed by atoms with Gasteiger partial charge in [0.15, 0.2) is 0 Å². The smallest absolute Gasteiger partial charge is 0.329 e. The molecule has 2 amide bonds. The normalized spacial score (nSPS) is 13.3. The van der Waals surface area contributed by atoms with E-state index in [0.717, 1.165) is 5.56 Å². The summed E-state index contributed by atoms with van der Waals surface area (Å²) in [6, 6.07) is 7.93. The van der Waals surface area contributed by atoms with Gasteiger partial charge in [-0.2, -0.15) is 11.8 Å². The Labute approximate surface area is 172 Å². The summed E-state index contributed by atoms with van der Waals surface area (Å²) in [5, 5.41) is 5.53. The van der Waals surface area contributed by atoms with E-state index in [2.05, 4.69) is 10.6 Å². The maximum Gasteiger partial charge on any atom is 0.329 e. The van der Waals surface area contributed by atoms with Crippen molar-refractivity contribution in [1.82, 2.24) is 10.6 Å². The molecule has 0 aliphatic heterocycles. The Morgan fingerprint density at radius 2 is 1.68 bits per heavy atom. The molecule has 0 radical (unpaired) electrons. The Kier molecular flexibility index (Phi) is 10.1. The molecule has 6 nitrogen and oxygen atoms in total. The van der Waals surface area contributed by atoms with Crippen molar-refractivity contribution in [3.8, 4) is 0 Å². The van der Waals surface area contributed by atoms with E-state index in [0.29, 0.717) is 12.2 Å². The van der Waals surface area contributed by atoms with Crippen molar-refractivity contribution in [2.75, 3.05) is 12.4 Å². The summed E-state index contributed by atoms with van der Waals surface area (Å²) in [5.74, 6) is -0.674. The lowest BCUT2D eigenvalue weighted by atomic mass is 10.0. The molecule has 0 aliphatic carbocycles. The number of ether oxygens (including phenoxy) is 1. The minimum atomic E-state index is -0.770. The largest absolute Gasteiger partial charge is 0.464 e. The minimum absolute atomic E-state index is 0.0602. The molecule has 0 saturated heterocycles. The van der Waals surface area contributed by atoms with Crippen molar-refractivity contribution in [3.05, 3.63) is 35.9 Å². The van der Waals surface area contributed by atoms with Crippen LogP contribution in [0.15, 0.2) is 30.3 Å².